The van der Waals surface area contributed by atoms with Gasteiger partial charge in [-0.15, -0.1) is 0 Å². The van der Waals surface area contributed by atoms with Gasteiger partial charge in [-0.1, -0.05) is 18.2 Å². The normalized spacial score (nSPS) is 9.53. The molecule has 0 bridgehead atoms. The Morgan fingerprint density at radius 2 is 1.71 bits per heavy atom. The van der Waals surface area contributed by atoms with Gasteiger partial charge in [0.05, 0.1) is 20.6 Å². The van der Waals surface area contributed by atoms with Crippen molar-refractivity contribution in [1.29, 1.82) is 0 Å². The molecule has 0 radical (unpaired) electrons. The van der Waals surface area contributed by atoms with Crippen LogP contribution in [0.3, 0.4) is 0 Å². The highest BCUT2D eigenvalue weighted by Crippen LogP contribution is 2.18. The number of ether oxygens (including phenoxy) is 3. The van der Waals surface area contributed by atoms with Crippen LogP contribution >= 0.6 is 0 Å². The van der Waals surface area contributed by atoms with Gasteiger partial charge in [0, 0.05) is 5.56 Å². The Hall–Kier alpha value is -2.04. The molecule has 92 valence electrons. The van der Waals surface area contributed by atoms with Gasteiger partial charge in [-0.05, 0) is 6.07 Å². The van der Waals surface area contributed by atoms with Gasteiger partial charge in [0.15, 0.2) is 6.61 Å². The van der Waals surface area contributed by atoms with Gasteiger partial charge in [0.25, 0.3) is 0 Å². The average molecular weight is 238 g/mol. The highest BCUT2D eigenvalue weighted by molar-refractivity contribution is 5.74. The molecule has 0 fully saturated rings. The Morgan fingerprint density at radius 3 is 2.35 bits per heavy atom. The van der Waals surface area contributed by atoms with Crippen molar-refractivity contribution < 1.29 is 23.8 Å². The fourth-order valence-electron chi connectivity index (χ4n) is 1.21. The Kier molecular flexibility index (Phi) is 5.00. The highest BCUT2D eigenvalue weighted by Gasteiger charge is 2.10. The van der Waals surface area contributed by atoms with E-state index >= 15 is 0 Å². The quantitative estimate of drug-likeness (QED) is 0.715. The first-order valence-corrected chi connectivity index (χ1v) is 5.01. The predicted molar refractivity (Wildman–Crippen MR) is 59.7 cm³/mol. The van der Waals surface area contributed by atoms with Gasteiger partial charge in [-0.25, -0.2) is 4.79 Å². The molecule has 0 saturated carbocycles. The largest absolute Gasteiger partial charge is 0.482 e. The molecule has 0 heterocycles. The van der Waals surface area contributed by atoms with Gasteiger partial charge in [0.2, 0.25) is 0 Å². The van der Waals surface area contributed by atoms with Gasteiger partial charge in [0.1, 0.15) is 5.75 Å². The van der Waals surface area contributed by atoms with E-state index in [1.807, 2.05) is 0 Å². The summed E-state index contributed by atoms with van der Waals surface area (Å²) in [6.45, 7) is -0.186. The number of carbonyl (C=O) groups excluding carboxylic acids is 2. The zero-order valence-electron chi connectivity index (χ0n) is 9.76. The number of methoxy groups -OCH3 is 2. The second kappa shape index (κ2) is 6.52. The van der Waals surface area contributed by atoms with Crippen LogP contribution in [0.4, 0.5) is 0 Å². The van der Waals surface area contributed by atoms with Crippen molar-refractivity contribution in [3.63, 3.8) is 0 Å². The lowest BCUT2D eigenvalue weighted by Gasteiger charge is -2.09. The Balaban J connectivity index is 2.70. The summed E-state index contributed by atoms with van der Waals surface area (Å²) in [5, 5.41) is 0. The van der Waals surface area contributed by atoms with Gasteiger partial charge in [-0.3, -0.25) is 4.79 Å². The maximum atomic E-state index is 11.2. The van der Waals surface area contributed by atoms with Crippen LogP contribution in [-0.4, -0.2) is 32.8 Å². The summed E-state index contributed by atoms with van der Waals surface area (Å²) in [6.07, 6.45) is 0.105. The van der Waals surface area contributed by atoms with E-state index < -0.39 is 5.97 Å². The Labute approximate surface area is 99.3 Å². The lowest BCUT2D eigenvalue weighted by atomic mass is 10.1. The summed E-state index contributed by atoms with van der Waals surface area (Å²) in [6, 6.07) is 6.96. The monoisotopic (exact) mass is 238 g/mol. The summed E-state index contributed by atoms with van der Waals surface area (Å²) < 4.78 is 14.3. The number of esters is 2. The minimum Gasteiger partial charge on any atom is -0.482 e. The standard InChI is InChI=1S/C12H14O5/c1-15-11(13)7-9-5-3-4-6-10(9)17-8-12(14)16-2/h3-6H,7-8H2,1-2H3. The maximum absolute atomic E-state index is 11.2. The van der Waals surface area contributed by atoms with Gasteiger partial charge < -0.3 is 14.2 Å². The number of hydrogen-bond donors (Lipinski definition) is 0. The van der Waals surface area contributed by atoms with Crippen molar-refractivity contribution in [1.82, 2.24) is 0 Å². The van der Waals surface area contributed by atoms with Crippen molar-refractivity contribution in [3.8, 4) is 5.75 Å². The van der Waals surface area contributed by atoms with Crippen LogP contribution in [0, 0.1) is 0 Å². The average Bonchev–Trinajstić information content (AvgIpc) is 2.37. The van der Waals surface area contributed by atoms with Gasteiger partial charge >= 0.3 is 11.9 Å². The molecule has 0 saturated heterocycles. The number of benzene rings is 1. The molecule has 0 unspecified atom stereocenters. The van der Waals surface area contributed by atoms with Crippen molar-refractivity contribution in [2.75, 3.05) is 20.8 Å². The maximum Gasteiger partial charge on any atom is 0.343 e. The number of rotatable bonds is 5. The van der Waals surface area contributed by atoms with E-state index in [2.05, 4.69) is 9.47 Å². The minimum absolute atomic E-state index is 0.105. The van der Waals surface area contributed by atoms with Crippen LogP contribution in [0.15, 0.2) is 24.3 Å². The zero-order chi connectivity index (χ0) is 12.7. The number of para-hydroxylation sites is 1. The molecule has 5 nitrogen and oxygen atoms in total. The van der Waals surface area contributed by atoms with E-state index in [4.69, 9.17) is 4.74 Å². The molecule has 1 aromatic carbocycles. The fourth-order valence-corrected chi connectivity index (χ4v) is 1.21. The molecule has 0 aliphatic carbocycles. The van der Waals surface area contributed by atoms with Crippen LogP contribution in [0.5, 0.6) is 5.75 Å². The van der Waals surface area contributed by atoms with Crippen LogP contribution in [0.2, 0.25) is 0 Å². The molecular weight excluding hydrogens is 224 g/mol. The topological polar surface area (TPSA) is 61.8 Å². The van der Waals surface area contributed by atoms with E-state index in [0.29, 0.717) is 11.3 Å². The van der Waals surface area contributed by atoms with Crippen molar-refractivity contribution in [2.24, 2.45) is 0 Å². The molecule has 0 amide bonds. The second-order valence-electron chi connectivity index (χ2n) is 3.23. The number of carbonyl (C=O) groups is 2. The summed E-state index contributed by atoms with van der Waals surface area (Å²) in [4.78, 5) is 22.1. The summed E-state index contributed by atoms with van der Waals surface area (Å²) in [7, 11) is 2.60. The Morgan fingerprint density at radius 1 is 1.06 bits per heavy atom. The molecule has 1 rings (SSSR count). The van der Waals surface area contributed by atoms with E-state index in [-0.39, 0.29) is 19.0 Å². The molecule has 0 spiro atoms. The summed E-state index contributed by atoms with van der Waals surface area (Å²) in [5.74, 6) is -0.361. The van der Waals surface area contributed by atoms with E-state index in [1.54, 1.807) is 24.3 Å². The van der Waals surface area contributed by atoms with Crippen molar-refractivity contribution in [3.05, 3.63) is 29.8 Å². The van der Waals surface area contributed by atoms with Crippen LogP contribution in [0.1, 0.15) is 5.56 Å². The van der Waals surface area contributed by atoms with E-state index in [9.17, 15) is 9.59 Å². The van der Waals surface area contributed by atoms with Gasteiger partial charge in [-0.2, -0.15) is 0 Å². The molecule has 5 heteroatoms. The minimum atomic E-state index is -0.474. The molecule has 0 aliphatic heterocycles. The van der Waals surface area contributed by atoms with Crippen LogP contribution < -0.4 is 4.74 Å². The third-order valence-electron chi connectivity index (χ3n) is 2.11. The highest BCUT2D eigenvalue weighted by atomic mass is 16.6. The Bertz CT molecular complexity index is 400. The molecule has 0 atom stereocenters. The lowest BCUT2D eigenvalue weighted by molar-refractivity contribution is -0.142. The fraction of sp³-hybridized carbons (Fsp3) is 0.333. The predicted octanol–water partition coefficient (Wildman–Crippen LogP) is 0.954. The first kappa shape index (κ1) is 13.0. The SMILES string of the molecule is COC(=O)COc1ccccc1CC(=O)OC. The molecule has 0 aliphatic rings. The van der Waals surface area contributed by atoms with Crippen LogP contribution in [-0.2, 0) is 25.5 Å². The molecular formula is C12H14O5. The van der Waals surface area contributed by atoms with E-state index in [1.165, 1.54) is 14.2 Å². The zero-order valence-corrected chi connectivity index (χ0v) is 9.76. The third kappa shape index (κ3) is 4.14. The van der Waals surface area contributed by atoms with Crippen LogP contribution in [0.25, 0.3) is 0 Å². The molecule has 0 aromatic heterocycles. The molecule has 1 aromatic rings. The van der Waals surface area contributed by atoms with Crippen molar-refractivity contribution in [2.45, 2.75) is 6.42 Å². The van der Waals surface area contributed by atoms with Crippen molar-refractivity contribution >= 4 is 11.9 Å². The molecule has 0 N–H and O–H groups in total. The summed E-state index contributed by atoms with van der Waals surface area (Å²) in [5.41, 5.74) is 0.670. The van der Waals surface area contributed by atoms with E-state index in [0.717, 1.165) is 0 Å². The first-order valence-electron chi connectivity index (χ1n) is 5.01. The number of hydrogen-bond acceptors (Lipinski definition) is 5. The molecule has 17 heavy (non-hydrogen) atoms. The first-order chi connectivity index (χ1) is 8.17. The second-order valence-corrected chi connectivity index (χ2v) is 3.23. The third-order valence-corrected chi connectivity index (χ3v) is 2.11. The lowest BCUT2D eigenvalue weighted by Crippen LogP contribution is -2.14. The smallest absolute Gasteiger partial charge is 0.343 e. The summed E-state index contributed by atoms with van der Waals surface area (Å²) >= 11 is 0.